The average molecular weight is 356 g/mol. The molecule has 2 N–H and O–H groups in total. The first-order valence-corrected chi connectivity index (χ1v) is 8.88. The van der Waals surface area contributed by atoms with Crippen molar-refractivity contribution >= 4 is 23.2 Å². The van der Waals surface area contributed by atoms with Gasteiger partial charge in [0.15, 0.2) is 5.11 Å². The van der Waals surface area contributed by atoms with E-state index in [0.29, 0.717) is 23.0 Å². The van der Waals surface area contributed by atoms with Crippen LogP contribution >= 0.6 is 12.2 Å². The molecule has 1 amide bonds. The Labute approximate surface area is 154 Å². The van der Waals surface area contributed by atoms with E-state index in [1.165, 1.54) is 5.56 Å². The van der Waals surface area contributed by atoms with Crippen molar-refractivity contribution in [1.82, 2.24) is 10.6 Å². The highest BCUT2D eigenvalue weighted by Gasteiger charge is 2.10. The second-order valence-electron chi connectivity index (χ2n) is 5.85. The van der Waals surface area contributed by atoms with Gasteiger partial charge in [0, 0.05) is 18.0 Å². The van der Waals surface area contributed by atoms with Crippen molar-refractivity contribution < 1.29 is 9.53 Å². The summed E-state index contributed by atoms with van der Waals surface area (Å²) < 4.78 is 5.76. The van der Waals surface area contributed by atoms with Crippen LogP contribution in [0.1, 0.15) is 36.2 Å². The molecule has 4 nitrogen and oxygen atoms in total. The molecule has 2 aromatic rings. The molecule has 2 aromatic carbocycles. The number of carbonyl (C=O) groups excluding carboxylic acids is 1. The van der Waals surface area contributed by atoms with E-state index in [2.05, 4.69) is 29.7 Å². The van der Waals surface area contributed by atoms with Gasteiger partial charge >= 0.3 is 0 Å². The van der Waals surface area contributed by atoms with Crippen molar-refractivity contribution in [2.24, 2.45) is 0 Å². The van der Waals surface area contributed by atoms with Gasteiger partial charge in [-0.25, -0.2) is 0 Å². The van der Waals surface area contributed by atoms with E-state index in [1.807, 2.05) is 31.2 Å². The van der Waals surface area contributed by atoms with E-state index in [0.717, 1.165) is 12.8 Å². The predicted molar refractivity (Wildman–Crippen MR) is 105 cm³/mol. The van der Waals surface area contributed by atoms with E-state index in [9.17, 15) is 4.79 Å². The molecule has 0 bridgehead atoms. The van der Waals surface area contributed by atoms with Gasteiger partial charge in [-0.05, 0) is 49.3 Å². The van der Waals surface area contributed by atoms with Gasteiger partial charge in [0.1, 0.15) is 5.75 Å². The summed E-state index contributed by atoms with van der Waals surface area (Å²) in [6.07, 6.45) is 1.75. The molecule has 0 aromatic heterocycles. The Morgan fingerprint density at radius 3 is 2.64 bits per heavy atom. The van der Waals surface area contributed by atoms with Crippen LogP contribution in [0.15, 0.2) is 54.6 Å². The number of benzene rings is 2. The number of hydrogen-bond donors (Lipinski definition) is 2. The molecule has 0 saturated carbocycles. The zero-order chi connectivity index (χ0) is 18.1. The minimum atomic E-state index is -0.241. The van der Waals surface area contributed by atoms with Crippen LogP contribution in [0.25, 0.3) is 0 Å². The molecule has 0 aliphatic carbocycles. The Bertz CT molecular complexity index is 704. The summed E-state index contributed by atoms with van der Waals surface area (Å²) in [4.78, 5) is 12.3. The standard InChI is InChI=1S/C20H24N2O2S/c1-3-15(2)21-20(25)22-19(23)17-10-7-11-18(14-17)24-13-12-16-8-5-4-6-9-16/h4-11,14-15H,3,12-13H2,1-2H3,(H2,21,22,23,25). The number of amides is 1. The lowest BCUT2D eigenvalue weighted by atomic mass is 10.2. The Morgan fingerprint density at radius 2 is 1.92 bits per heavy atom. The molecule has 0 spiro atoms. The summed E-state index contributed by atoms with van der Waals surface area (Å²) in [5.41, 5.74) is 1.74. The number of thiocarbonyl (C=S) groups is 1. The topological polar surface area (TPSA) is 50.4 Å². The van der Waals surface area contributed by atoms with E-state index in [1.54, 1.807) is 18.2 Å². The van der Waals surface area contributed by atoms with Crippen molar-refractivity contribution in [3.8, 4) is 5.75 Å². The summed E-state index contributed by atoms with van der Waals surface area (Å²) in [7, 11) is 0. The molecule has 5 heteroatoms. The molecule has 0 radical (unpaired) electrons. The summed E-state index contributed by atoms with van der Waals surface area (Å²) in [6.45, 7) is 4.63. The first-order chi connectivity index (χ1) is 12.1. The number of nitrogens with one attached hydrogen (secondary N) is 2. The second kappa shape index (κ2) is 9.79. The number of carbonyl (C=O) groups is 1. The Kier molecular flexibility index (Phi) is 7.41. The smallest absolute Gasteiger partial charge is 0.257 e. The van der Waals surface area contributed by atoms with E-state index in [-0.39, 0.29) is 11.9 Å². The van der Waals surface area contributed by atoms with Gasteiger partial charge < -0.3 is 10.1 Å². The fourth-order valence-electron chi connectivity index (χ4n) is 2.20. The molecule has 1 unspecified atom stereocenters. The molecule has 0 fully saturated rings. The zero-order valence-electron chi connectivity index (χ0n) is 14.6. The lowest BCUT2D eigenvalue weighted by molar-refractivity contribution is 0.0976. The molecule has 2 rings (SSSR count). The second-order valence-corrected chi connectivity index (χ2v) is 6.26. The summed E-state index contributed by atoms with van der Waals surface area (Å²) >= 11 is 5.16. The van der Waals surface area contributed by atoms with Crippen molar-refractivity contribution in [2.45, 2.75) is 32.7 Å². The summed E-state index contributed by atoms with van der Waals surface area (Å²) in [5.74, 6) is 0.429. The van der Waals surface area contributed by atoms with Crippen LogP contribution in [0.4, 0.5) is 0 Å². The molecular weight excluding hydrogens is 332 g/mol. The highest BCUT2D eigenvalue weighted by atomic mass is 32.1. The van der Waals surface area contributed by atoms with Crippen LogP contribution in [-0.4, -0.2) is 23.7 Å². The molecule has 0 aliphatic heterocycles. The minimum absolute atomic E-state index is 0.223. The molecule has 132 valence electrons. The van der Waals surface area contributed by atoms with Gasteiger partial charge in [0.25, 0.3) is 5.91 Å². The predicted octanol–water partition coefficient (Wildman–Crippen LogP) is 3.71. The van der Waals surface area contributed by atoms with Gasteiger partial charge in [-0.15, -0.1) is 0 Å². The van der Waals surface area contributed by atoms with Crippen LogP contribution in [0.5, 0.6) is 5.75 Å². The molecule has 0 saturated heterocycles. The van der Waals surface area contributed by atoms with E-state index < -0.39 is 0 Å². The Morgan fingerprint density at radius 1 is 1.16 bits per heavy atom. The van der Waals surface area contributed by atoms with Crippen LogP contribution in [0.3, 0.4) is 0 Å². The third-order valence-corrected chi connectivity index (χ3v) is 4.04. The molecule has 1 atom stereocenters. The number of rotatable bonds is 7. The van der Waals surface area contributed by atoms with Gasteiger partial charge in [0.05, 0.1) is 6.61 Å². The fraction of sp³-hybridized carbons (Fsp3) is 0.300. The van der Waals surface area contributed by atoms with Crippen molar-refractivity contribution in [2.75, 3.05) is 6.61 Å². The largest absolute Gasteiger partial charge is 0.493 e. The molecular formula is C20H24N2O2S. The van der Waals surface area contributed by atoms with Crippen molar-refractivity contribution in [1.29, 1.82) is 0 Å². The monoisotopic (exact) mass is 356 g/mol. The Hall–Kier alpha value is -2.40. The third kappa shape index (κ3) is 6.55. The third-order valence-electron chi connectivity index (χ3n) is 3.82. The van der Waals surface area contributed by atoms with Crippen LogP contribution in [-0.2, 0) is 6.42 Å². The van der Waals surface area contributed by atoms with Gasteiger partial charge in [-0.2, -0.15) is 0 Å². The maximum Gasteiger partial charge on any atom is 0.257 e. The van der Waals surface area contributed by atoms with E-state index in [4.69, 9.17) is 17.0 Å². The maximum absolute atomic E-state index is 12.3. The first-order valence-electron chi connectivity index (χ1n) is 8.47. The van der Waals surface area contributed by atoms with Gasteiger partial charge in [-0.3, -0.25) is 10.1 Å². The molecule has 25 heavy (non-hydrogen) atoms. The lowest BCUT2D eigenvalue weighted by Gasteiger charge is -2.14. The van der Waals surface area contributed by atoms with Crippen molar-refractivity contribution in [3.05, 3.63) is 65.7 Å². The van der Waals surface area contributed by atoms with Crippen LogP contribution in [0, 0.1) is 0 Å². The molecule has 0 aliphatic rings. The zero-order valence-corrected chi connectivity index (χ0v) is 15.4. The fourth-order valence-corrected chi connectivity index (χ4v) is 2.49. The first kappa shape index (κ1) is 18.9. The van der Waals surface area contributed by atoms with Gasteiger partial charge in [-0.1, -0.05) is 43.3 Å². The summed E-state index contributed by atoms with van der Waals surface area (Å²) in [5, 5.41) is 6.10. The normalized spacial score (nSPS) is 11.4. The quantitative estimate of drug-likeness (QED) is 0.743. The van der Waals surface area contributed by atoms with Gasteiger partial charge in [0.2, 0.25) is 0 Å². The maximum atomic E-state index is 12.3. The lowest BCUT2D eigenvalue weighted by Crippen LogP contribution is -2.43. The Balaban J connectivity index is 1.87. The summed E-state index contributed by atoms with van der Waals surface area (Å²) in [6, 6.07) is 17.5. The minimum Gasteiger partial charge on any atom is -0.493 e. The highest BCUT2D eigenvalue weighted by Crippen LogP contribution is 2.14. The number of hydrogen-bond acceptors (Lipinski definition) is 3. The average Bonchev–Trinajstić information content (AvgIpc) is 2.62. The molecule has 0 heterocycles. The SMILES string of the molecule is CCC(C)NC(=S)NC(=O)c1cccc(OCCc2ccccc2)c1. The van der Waals surface area contributed by atoms with Crippen LogP contribution < -0.4 is 15.4 Å². The number of ether oxygens (including phenoxy) is 1. The van der Waals surface area contributed by atoms with Crippen molar-refractivity contribution in [3.63, 3.8) is 0 Å². The van der Waals surface area contributed by atoms with E-state index >= 15 is 0 Å². The van der Waals surface area contributed by atoms with Crippen LogP contribution in [0.2, 0.25) is 0 Å². The highest BCUT2D eigenvalue weighted by molar-refractivity contribution is 7.80.